The molecule has 0 spiro atoms. The molecule has 0 radical (unpaired) electrons. The molecule has 1 fully saturated rings. The fourth-order valence-corrected chi connectivity index (χ4v) is 3.76. The third kappa shape index (κ3) is 4.97. The van der Waals surface area contributed by atoms with Crippen LogP contribution in [-0.4, -0.2) is 54.1 Å². The van der Waals surface area contributed by atoms with E-state index in [1.165, 1.54) is 5.56 Å². The summed E-state index contributed by atoms with van der Waals surface area (Å²) in [5.41, 5.74) is 2.12. The molecule has 7 nitrogen and oxygen atoms in total. The molecule has 0 aromatic heterocycles. The highest BCUT2D eigenvalue weighted by Gasteiger charge is 2.34. The molecule has 0 bridgehead atoms. The fraction of sp³-hybridized carbons (Fsp3) is 0.435. The van der Waals surface area contributed by atoms with Crippen molar-refractivity contribution in [3.63, 3.8) is 0 Å². The summed E-state index contributed by atoms with van der Waals surface area (Å²) in [6.45, 7) is 2.24. The van der Waals surface area contributed by atoms with E-state index in [4.69, 9.17) is 18.9 Å². The third-order valence-corrected chi connectivity index (χ3v) is 5.62. The molecule has 162 valence electrons. The Labute approximate surface area is 178 Å². The molecular formula is C23H31N3O4. The van der Waals surface area contributed by atoms with Crippen molar-refractivity contribution < 1.29 is 18.9 Å². The molecule has 0 unspecified atom stereocenters. The van der Waals surface area contributed by atoms with Crippen molar-refractivity contribution in [1.82, 2.24) is 5.32 Å². The van der Waals surface area contributed by atoms with Crippen molar-refractivity contribution >= 4 is 11.6 Å². The summed E-state index contributed by atoms with van der Waals surface area (Å²) in [6, 6.07) is 14.0. The van der Waals surface area contributed by atoms with Crippen molar-refractivity contribution in [2.24, 2.45) is 4.99 Å². The first kappa shape index (κ1) is 21.8. The van der Waals surface area contributed by atoms with E-state index >= 15 is 0 Å². The Balaban J connectivity index is 1.73. The van der Waals surface area contributed by atoms with E-state index < -0.39 is 0 Å². The lowest BCUT2D eigenvalue weighted by molar-refractivity contribution is 0.0514. The first-order valence-corrected chi connectivity index (χ1v) is 10.1. The molecule has 1 aliphatic rings. The second-order valence-corrected chi connectivity index (χ2v) is 7.24. The first-order chi connectivity index (χ1) is 14.6. The summed E-state index contributed by atoms with van der Waals surface area (Å²) >= 11 is 0. The van der Waals surface area contributed by atoms with Crippen molar-refractivity contribution in [1.29, 1.82) is 0 Å². The summed E-state index contributed by atoms with van der Waals surface area (Å²) in [7, 11) is 6.70. The van der Waals surface area contributed by atoms with Gasteiger partial charge < -0.3 is 29.6 Å². The zero-order valence-electron chi connectivity index (χ0n) is 18.2. The molecule has 0 saturated carbocycles. The summed E-state index contributed by atoms with van der Waals surface area (Å²) in [4.78, 5) is 4.39. The van der Waals surface area contributed by atoms with Crippen LogP contribution >= 0.6 is 0 Å². The zero-order valence-corrected chi connectivity index (χ0v) is 18.2. The van der Waals surface area contributed by atoms with E-state index in [1.54, 1.807) is 28.4 Å². The van der Waals surface area contributed by atoms with Crippen LogP contribution in [0.25, 0.3) is 0 Å². The van der Waals surface area contributed by atoms with Crippen molar-refractivity contribution in [3.05, 3.63) is 48.0 Å². The van der Waals surface area contributed by atoms with Crippen LogP contribution in [0.1, 0.15) is 18.4 Å². The number of methoxy groups -OCH3 is 3. The number of guanidine groups is 1. The van der Waals surface area contributed by atoms with E-state index in [1.807, 2.05) is 30.3 Å². The van der Waals surface area contributed by atoms with Gasteiger partial charge in [-0.3, -0.25) is 4.99 Å². The molecule has 1 saturated heterocycles. The lowest BCUT2D eigenvalue weighted by Crippen LogP contribution is -2.46. The predicted octanol–water partition coefficient (Wildman–Crippen LogP) is 3.45. The maximum Gasteiger partial charge on any atom is 0.195 e. The van der Waals surface area contributed by atoms with Crippen molar-refractivity contribution in [2.75, 3.05) is 53.5 Å². The molecule has 2 aromatic carbocycles. The molecule has 0 amide bonds. The molecule has 3 rings (SSSR count). The molecule has 1 heterocycles. The summed E-state index contributed by atoms with van der Waals surface area (Å²) < 4.78 is 21.7. The molecule has 2 aromatic rings. The minimum Gasteiger partial charge on any atom is -0.497 e. The standard InChI is InChI=1S/C23H31N3O4/c1-24-22(26-18-7-10-20(28-3)21(15-18)29-4)25-16-23(11-13-30-14-12-23)17-5-8-19(27-2)9-6-17/h5-10,15H,11-14,16H2,1-4H3,(H2,24,25,26). The number of ether oxygens (including phenoxy) is 4. The summed E-state index contributed by atoms with van der Waals surface area (Å²) in [5.74, 6) is 2.91. The third-order valence-electron chi connectivity index (χ3n) is 5.62. The van der Waals surface area contributed by atoms with Gasteiger partial charge in [-0.05, 0) is 42.7 Å². The van der Waals surface area contributed by atoms with Crippen LogP contribution in [0.4, 0.5) is 5.69 Å². The highest BCUT2D eigenvalue weighted by atomic mass is 16.5. The number of hydrogen-bond acceptors (Lipinski definition) is 5. The van der Waals surface area contributed by atoms with E-state index in [-0.39, 0.29) is 5.41 Å². The van der Waals surface area contributed by atoms with Gasteiger partial charge in [0, 0.05) is 44.0 Å². The van der Waals surface area contributed by atoms with Gasteiger partial charge in [0.15, 0.2) is 17.5 Å². The largest absolute Gasteiger partial charge is 0.497 e. The maximum atomic E-state index is 5.64. The van der Waals surface area contributed by atoms with Gasteiger partial charge in [0.05, 0.1) is 21.3 Å². The predicted molar refractivity (Wildman–Crippen MR) is 119 cm³/mol. The van der Waals surface area contributed by atoms with Crippen LogP contribution in [-0.2, 0) is 10.2 Å². The molecule has 7 heteroatoms. The Morgan fingerprint density at radius 1 is 0.967 bits per heavy atom. The van der Waals surface area contributed by atoms with Gasteiger partial charge in [-0.15, -0.1) is 0 Å². The number of nitrogens with one attached hydrogen (secondary N) is 2. The van der Waals surface area contributed by atoms with Crippen LogP contribution in [0.5, 0.6) is 17.2 Å². The van der Waals surface area contributed by atoms with Crippen LogP contribution in [0.2, 0.25) is 0 Å². The smallest absolute Gasteiger partial charge is 0.195 e. The number of benzene rings is 2. The van der Waals surface area contributed by atoms with Gasteiger partial charge in [0.2, 0.25) is 0 Å². The second kappa shape index (κ2) is 10.2. The molecule has 0 atom stereocenters. The number of aliphatic imine (C=N–C) groups is 1. The number of anilines is 1. The average Bonchev–Trinajstić information content (AvgIpc) is 2.82. The number of nitrogens with zero attached hydrogens (tertiary/aromatic N) is 1. The Bertz CT molecular complexity index is 846. The highest BCUT2D eigenvalue weighted by Crippen LogP contribution is 2.35. The minimum absolute atomic E-state index is 0.0280. The maximum absolute atomic E-state index is 5.64. The van der Waals surface area contributed by atoms with Crippen molar-refractivity contribution in [2.45, 2.75) is 18.3 Å². The fourth-order valence-electron chi connectivity index (χ4n) is 3.76. The van der Waals surface area contributed by atoms with Gasteiger partial charge in [0.25, 0.3) is 0 Å². The minimum atomic E-state index is -0.0280. The average molecular weight is 414 g/mol. The normalized spacial score (nSPS) is 15.9. The first-order valence-electron chi connectivity index (χ1n) is 10.1. The molecule has 1 aliphatic heterocycles. The highest BCUT2D eigenvalue weighted by molar-refractivity contribution is 5.93. The van der Waals surface area contributed by atoms with E-state index in [2.05, 4.69) is 27.8 Å². The SMILES string of the molecule is CN=C(NCC1(c2ccc(OC)cc2)CCOCC1)Nc1ccc(OC)c(OC)c1. The van der Waals surface area contributed by atoms with Gasteiger partial charge in [-0.1, -0.05) is 12.1 Å². The lowest BCUT2D eigenvalue weighted by atomic mass is 9.74. The molecule has 2 N–H and O–H groups in total. The Morgan fingerprint density at radius 3 is 2.27 bits per heavy atom. The van der Waals surface area contributed by atoms with Crippen LogP contribution < -0.4 is 24.8 Å². The zero-order chi connectivity index (χ0) is 21.4. The number of rotatable bonds is 7. The van der Waals surface area contributed by atoms with E-state index in [0.717, 1.165) is 44.0 Å². The molecule has 0 aliphatic carbocycles. The van der Waals surface area contributed by atoms with Gasteiger partial charge in [-0.25, -0.2) is 0 Å². The monoisotopic (exact) mass is 413 g/mol. The number of hydrogen-bond donors (Lipinski definition) is 2. The molecular weight excluding hydrogens is 382 g/mol. The van der Waals surface area contributed by atoms with Gasteiger partial charge in [0.1, 0.15) is 5.75 Å². The van der Waals surface area contributed by atoms with E-state index in [9.17, 15) is 0 Å². The van der Waals surface area contributed by atoms with Crippen molar-refractivity contribution in [3.8, 4) is 17.2 Å². The van der Waals surface area contributed by atoms with Crippen LogP contribution in [0, 0.1) is 0 Å². The lowest BCUT2D eigenvalue weighted by Gasteiger charge is -2.38. The van der Waals surface area contributed by atoms with E-state index in [0.29, 0.717) is 17.5 Å². The molecule has 30 heavy (non-hydrogen) atoms. The summed E-state index contributed by atoms with van der Waals surface area (Å²) in [6.07, 6.45) is 1.89. The van der Waals surface area contributed by atoms with Crippen LogP contribution in [0.3, 0.4) is 0 Å². The van der Waals surface area contributed by atoms with Crippen LogP contribution in [0.15, 0.2) is 47.5 Å². The van der Waals surface area contributed by atoms with Gasteiger partial charge in [-0.2, -0.15) is 0 Å². The topological polar surface area (TPSA) is 73.3 Å². The Hall–Kier alpha value is -2.93. The Morgan fingerprint density at radius 2 is 1.67 bits per heavy atom. The quantitative estimate of drug-likeness (QED) is 0.535. The summed E-state index contributed by atoms with van der Waals surface area (Å²) in [5, 5.41) is 6.83. The Kier molecular flexibility index (Phi) is 7.41. The second-order valence-electron chi connectivity index (χ2n) is 7.24. The van der Waals surface area contributed by atoms with Gasteiger partial charge >= 0.3 is 0 Å².